The van der Waals surface area contributed by atoms with Gasteiger partial charge in [-0.1, -0.05) is 6.07 Å². The van der Waals surface area contributed by atoms with Crippen LogP contribution in [-0.4, -0.2) is 15.8 Å². The van der Waals surface area contributed by atoms with Crippen molar-refractivity contribution in [2.75, 3.05) is 5.32 Å². The predicted octanol–water partition coefficient (Wildman–Crippen LogP) is 3.60. The fraction of sp³-hybridized carbons (Fsp3) is 0.625. The van der Waals surface area contributed by atoms with Crippen LogP contribution in [0.3, 0.4) is 0 Å². The SMILES string of the molecule is O=C(Nc1ccccn1)C12C[C@@H]3C[C@H](CC(Cl)(C3)C1)C2. The Hall–Kier alpha value is -1.09. The molecule has 1 heterocycles. The highest BCUT2D eigenvalue weighted by atomic mass is 35.5. The summed E-state index contributed by atoms with van der Waals surface area (Å²) in [6.45, 7) is 0. The number of pyridine rings is 1. The zero-order valence-corrected chi connectivity index (χ0v) is 12.2. The molecule has 4 aliphatic carbocycles. The van der Waals surface area contributed by atoms with Gasteiger partial charge in [-0.15, -0.1) is 11.6 Å². The molecule has 1 N–H and O–H groups in total. The first kappa shape index (κ1) is 12.6. The fourth-order valence-electron chi connectivity index (χ4n) is 5.10. The summed E-state index contributed by atoms with van der Waals surface area (Å²) in [5.41, 5.74) is -0.247. The summed E-state index contributed by atoms with van der Waals surface area (Å²) in [5, 5.41) is 3.01. The van der Waals surface area contributed by atoms with Gasteiger partial charge in [-0.05, 0) is 62.5 Å². The fourth-order valence-corrected chi connectivity index (χ4v) is 5.79. The molecule has 1 aromatic heterocycles. The summed E-state index contributed by atoms with van der Waals surface area (Å²) in [5.74, 6) is 2.07. The van der Waals surface area contributed by atoms with Crippen LogP contribution in [-0.2, 0) is 4.79 Å². The highest BCUT2D eigenvalue weighted by Gasteiger charge is 2.60. The highest BCUT2D eigenvalue weighted by Crippen LogP contribution is 2.63. The van der Waals surface area contributed by atoms with Gasteiger partial charge in [-0.2, -0.15) is 0 Å². The van der Waals surface area contributed by atoms with Crippen molar-refractivity contribution in [3.63, 3.8) is 0 Å². The maximum absolute atomic E-state index is 12.8. The van der Waals surface area contributed by atoms with Gasteiger partial charge in [0.2, 0.25) is 5.91 Å². The second-order valence-electron chi connectivity index (χ2n) is 7.06. The molecule has 4 aliphatic rings. The number of amides is 1. The molecule has 1 amide bonds. The molecule has 0 saturated heterocycles. The maximum atomic E-state index is 12.8. The van der Waals surface area contributed by atoms with Crippen LogP contribution in [0.4, 0.5) is 5.82 Å². The molecule has 0 radical (unpaired) electrons. The van der Waals surface area contributed by atoms with E-state index in [1.807, 2.05) is 18.2 Å². The number of carbonyl (C=O) groups is 1. The van der Waals surface area contributed by atoms with E-state index in [2.05, 4.69) is 10.3 Å². The van der Waals surface area contributed by atoms with E-state index in [9.17, 15) is 4.79 Å². The molecule has 4 heteroatoms. The van der Waals surface area contributed by atoms with E-state index in [0.717, 1.165) is 32.1 Å². The minimum Gasteiger partial charge on any atom is -0.310 e. The molecule has 20 heavy (non-hydrogen) atoms. The second kappa shape index (κ2) is 4.20. The second-order valence-corrected chi connectivity index (χ2v) is 7.86. The van der Waals surface area contributed by atoms with Gasteiger partial charge in [0.25, 0.3) is 0 Å². The number of anilines is 1. The Kier molecular flexibility index (Phi) is 2.65. The van der Waals surface area contributed by atoms with Crippen molar-refractivity contribution in [3.05, 3.63) is 24.4 Å². The predicted molar refractivity (Wildman–Crippen MR) is 78.6 cm³/mol. The Balaban J connectivity index is 1.60. The summed E-state index contributed by atoms with van der Waals surface area (Å²) >= 11 is 6.77. The van der Waals surface area contributed by atoms with Crippen molar-refractivity contribution < 1.29 is 4.79 Å². The van der Waals surface area contributed by atoms with E-state index in [1.165, 1.54) is 6.42 Å². The third-order valence-electron chi connectivity index (χ3n) is 5.38. The van der Waals surface area contributed by atoms with E-state index < -0.39 is 0 Å². The van der Waals surface area contributed by atoms with E-state index in [1.54, 1.807) is 6.20 Å². The molecule has 0 aliphatic heterocycles. The normalized spacial score (nSPS) is 41.6. The first-order valence-corrected chi connectivity index (χ1v) is 7.86. The van der Waals surface area contributed by atoms with Gasteiger partial charge in [-0.25, -0.2) is 4.98 Å². The number of hydrogen-bond donors (Lipinski definition) is 1. The summed E-state index contributed by atoms with van der Waals surface area (Å²) in [6.07, 6.45) is 8.04. The average molecular weight is 291 g/mol. The van der Waals surface area contributed by atoms with Crippen molar-refractivity contribution in [2.45, 2.75) is 43.4 Å². The monoisotopic (exact) mass is 290 g/mol. The first-order valence-electron chi connectivity index (χ1n) is 7.48. The maximum Gasteiger partial charge on any atom is 0.231 e. The summed E-state index contributed by atoms with van der Waals surface area (Å²) in [7, 11) is 0. The van der Waals surface area contributed by atoms with Crippen molar-refractivity contribution in [1.29, 1.82) is 0 Å². The van der Waals surface area contributed by atoms with Crippen LogP contribution < -0.4 is 5.32 Å². The first-order chi connectivity index (χ1) is 9.57. The zero-order valence-electron chi connectivity index (χ0n) is 11.4. The van der Waals surface area contributed by atoms with E-state index in [0.29, 0.717) is 17.7 Å². The van der Waals surface area contributed by atoms with E-state index >= 15 is 0 Å². The highest BCUT2D eigenvalue weighted by molar-refractivity contribution is 6.24. The molecular weight excluding hydrogens is 272 g/mol. The molecule has 4 saturated carbocycles. The van der Waals surface area contributed by atoms with Crippen LogP contribution >= 0.6 is 11.6 Å². The average Bonchev–Trinajstić information content (AvgIpc) is 2.37. The molecule has 3 nitrogen and oxygen atoms in total. The Labute approximate surface area is 124 Å². The summed E-state index contributed by atoms with van der Waals surface area (Å²) in [6, 6.07) is 5.59. The molecule has 0 unspecified atom stereocenters. The number of halogens is 1. The van der Waals surface area contributed by atoms with Crippen LogP contribution in [0.25, 0.3) is 0 Å². The van der Waals surface area contributed by atoms with Crippen molar-refractivity contribution in [2.24, 2.45) is 17.3 Å². The van der Waals surface area contributed by atoms with E-state index in [4.69, 9.17) is 11.6 Å². The summed E-state index contributed by atoms with van der Waals surface area (Å²) < 4.78 is 0. The number of alkyl halides is 1. The lowest BCUT2D eigenvalue weighted by atomic mass is 9.49. The topological polar surface area (TPSA) is 42.0 Å². The molecule has 2 atom stereocenters. The van der Waals surface area contributed by atoms with Gasteiger partial charge in [0.05, 0.1) is 5.41 Å². The molecule has 0 aromatic carbocycles. The zero-order chi connectivity index (χ0) is 13.8. The molecule has 4 fully saturated rings. The minimum atomic E-state index is -0.247. The van der Waals surface area contributed by atoms with Gasteiger partial charge in [0.15, 0.2) is 0 Å². The van der Waals surface area contributed by atoms with Crippen LogP contribution in [0.1, 0.15) is 38.5 Å². The lowest BCUT2D eigenvalue weighted by Crippen LogP contribution is -2.57. The van der Waals surface area contributed by atoms with Gasteiger partial charge in [-0.3, -0.25) is 4.79 Å². The molecule has 106 valence electrons. The van der Waals surface area contributed by atoms with Crippen LogP contribution in [0.2, 0.25) is 0 Å². The quantitative estimate of drug-likeness (QED) is 0.846. The largest absolute Gasteiger partial charge is 0.310 e. The Morgan fingerprint density at radius 2 is 2.00 bits per heavy atom. The Morgan fingerprint density at radius 3 is 2.60 bits per heavy atom. The molecule has 5 rings (SSSR count). The van der Waals surface area contributed by atoms with Gasteiger partial charge in [0.1, 0.15) is 5.82 Å². The lowest BCUT2D eigenvalue weighted by Gasteiger charge is -2.59. The lowest BCUT2D eigenvalue weighted by molar-refractivity contribution is -0.138. The number of carbonyl (C=O) groups excluding carboxylic acids is 1. The van der Waals surface area contributed by atoms with Crippen LogP contribution in [0, 0.1) is 17.3 Å². The number of nitrogens with one attached hydrogen (secondary N) is 1. The molecule has 0 spiro atoms. The van der Waals surface area contributed by atoms with Crippen LogP contribution in [0.5, 0.6) is 0 Å². The Morgan fingerprint density at radius 1 is 1.25 bits per heavy atom. The number of aromatic nitrogens is 1. The molecule has 4 bridgehead atoms. The Bertz CT molecular complexity index is 531. The third kappa shape index (κ3) is 1.95. The number of hydrogen-bond acceptors (Lipinski definition) is 2. The minimum absolute atomic E-state index is 0.120. The standard InChI is InChI=1S/C16H19ClN2O/c17-16-8-11-5-12(9-16)7-15(6-11,10-16)14(20)19-13-3-1-2-4-18-13/h1-4,11-12H,5-10H2,(H,18,19,20)/t11-,12-,15?,16?/m0/s1. The van der Waals surface area contributed by atoms with Gasteiger partial charge >= 0.3 is 0 Å². The summed E-state index contributed by atoms with van der Waals surface area (Å²) in [4.78, 5) is 16.9. The number of rotatable bonds is 2. The van der Waals surface area contributed by atoms with Crippen molar-refractivity contribution >= 4 is 23.3 Å². The van der Waals surface area contributed by atoms with E-state index in [-0.39, 0.29) is 16.2 Å². The number of nitrogens with zero attached hydrogens (tertiary/aromatic N) is 1. The molecular formula is C16H19ClN2O. The van der Waals surface area contributed by atoms with Gasteiger partial charge in [0, 0.05) is 11.1 Å². The van der Waals surface area contributed by atoms with Crippen molar-refractivity contribution in [3.8, 4) is 0 Å². The van der Waals surface area contributed by atoms with Crippen molar-refractivity contribution in [1.82, 2.24) is 4.98 Å². The molecule has 1 aromatic rings. The van der Waals surface area contributed by atoms with Gasteiger partial charge < -0.3 is 5.32 Å². The third-order valence-corrected chi connectivity index (χ3v) is 5.82. The van der Waals surface area contributed by atoms with Crippen LogP contribution in [0.15, 0.2) is 24.4 Å². The smallest absolute Gasteiger partial charge is 0.231 e.